The highest BCUT2D eigenvalue weighted by Gasteiger charge is 2.36. The summed E-state index contributed by atoms with van der Waals surface area (Å²) in [7, 11) is 0.610. The lowest BCUT2D eigenvalue weighted by Crippen LogP contribution is -2.40. The summed E-state index contributed by atoms with van der Waals surface area (Å²) in [4.78, 5) is 24.4. The van der Waals surface area contributed by atoms with Crippen LogP contribution in [0.5, 0.6) is 0 Å². The molecule has 8 nitrogen and oxygen atoms in total. The number of aromatic nitrogens is 2. The first kappa shape index (κ1) is 24.1. The van der Waals surface area contributed by atoms with E-state index >= 15 is 0 Å². The zero-order valence-electron chi connectivity index (χ0n) is 18.8. The van der Waals surface area contributed by atoms with Crippen molar-refractivity contribution in [3.63, 3.8) is 0 Å². The Kier molecular flexibility index (Phi) is 7.07. The fourth-order valence-corrected chi connectivity index (χ4v) is 7.83. The van der Waals surface area contributed by atoms with Crippen molar-refractivity contribution in [2.75, 3.05) is 36.3 Å². The van der Waals surface area contributed by atoms with Crippen molar-refractivity contribution < 1.29 is 13.2 Å². The number of fused-ring (bicyclic) bond motifs is 1. The van der Waals surface area contributed by atoms with Gasteiger partial charge in [-0.3, -0.25) is 4.79 Å². The topological polar surface area (TPSA) is 104 Å². The predicted octanol–water partition coefficient (Wildman–Crippen LogP) is 3.15. The monoisotopic (exact) mass is 509 g/mol. The van der Waals surface area contributed by atoms with Gasteiger partial charge >= 0.3 is 0 Å². The van der Waals surface area contributed by atoms with E-state index in [0.29, 0.717) is 10.9 Å². The van der Waals surface area contributed by atoms with Crippen LogP contribution in [0.4, 0.5) is 11.8 Å². The standard InChI is InChI=1S/C22H28ClN5O3S2/c1-28(2)20-15-6-4-5-7-16(15)26-22(27-20)25-14-10-8-13(9-11-14)24-21(29)19-18(23)17(12-32-19)33(3,30)31/h4-7,13-14,17H,8-12H2,1-3H3,(H,24,29)(H,25,26,27)/t13-,14+,17?. The second-order valence-corrected chi connectivity index (χ2v) is 12.4. The number of hydrogen-bond acceptors (Lipinski definition) is 8. The van der Waals surface area contributed by atoms with E-state index in [9.17, 15) is 13.2 Å². The highest BCUT2D eigenvalue weighted by atomic mass is 35.5. The van der Waals surface area contributed by atoms with Gasteiger partial charge in [0.15, 0.2) is 9.84 Å². The molecule has 1 unspecified atom stereocenters. The first-order valence-corrected chi connectivity index (χ1v) is 14.2. The number of rotatable bonds is 6. The van der Waals surface area contributed by atoms with Crippen LogP contribution in [0.2, 0.25) is 0 Å². The van der Waals surface area contributed by atoms with Crippen molar-refractivity contribution in [3.05, 3.63) is 34.2 Å². The van der Waals surface area contributed by atoms with E-state index in [0.717, 1.165) is 48.7 Å². The molecule has 1 aliphatic carbocycles. The molecule has 0 spiro atoms. The van der Waals surface area contributed by atoms with Crippen LogP contribution in [-0.2, 0) is 14.6 Å². The maximum atomic E-state index is 12.7. The lowest BCUT2D eigenvalue weighted by atomic mass is 9.91. The van der Waals surface area contributed by atoms with Gasteiger partial charge in [0.2, 0.25) is 5.95 Å². The van der Waals surface area contributed by atoms with Crippen LogP contribution in [0.1, 0.15) is 25.7 Å². The fourth-order valence-electron chi connectivity index (χ4n) is 4.21. The van der Waals surface area contributed by atoms with Gasteiger partial charge in [-0.2, -0.15) is 4.98 Å². The molecule has 1 amide bonds. The zero-order valence-corrected chi connectivity index (χ0v) is 21.2. The molecule has 11 heteroatoms. The van der Waals surface area contributed by atoms with Crippen LogP contribution >= 0.6 is 23.4 Å². The van der Waals surface area contributed by atoms with Gasteiger partial charge in [0.05, 0.1) is 15.5 Å². The first-order valence-electron chi connectivity index (χ1n) is 10.9. The minimum Gasteiger partial charge on any atom is -0.362 e. The molecule has 178 valence electrons. The molecule has 1 aliphatic heterocycles. The number of sulfone groups is 1. The summed E-state index contributed by atoms with van der Waals surface area (Å²) in [5.74, 6) is 1.49. The SMILES string of the molecule is CN(C)c1nc(N[C@H]2CC[C@@H](NC(=O)C3=C(Cl)C(S(C)(=O)=O)CS3)CC2)nc2ccccc12. The second-order valence-electron chi connectivity index (χ2n) is 8.75. The van der Waals surface area contributed by atoms with Crippen molar-refractivity contribution >= 4 is 61.8 Å². The van der Waals surface area contributed by atoms with Crippen LogP contribution in [0.3, 0.4) is 0 Å². The summed E-state index contributed by atoms with van der Waals surface area (Å²) >= 11 is 7.44. The van der Waals surface area contributed by atoms with Gasteiger partial charge in [0.1, 0.15) is 11.1 Å². The third-order valence-electron chi connectivity index (χ3n) is 6.00. The average Bonchev–Trinajstić information content (AvgIpc) is 3.16. The molecule has 0 radical (unpaired) electrons. The number of nitrogens with zero attached hydrogens (tertiary/aromatic N) is 3. The molecule has 0 bridgehead atoms. The Bertz CT molecular complexity index is 1190. The van der Waals surface area contributed by atoms with Gasteiger partial charge in [-0.05, 0) is 37.8 Å². The highest BCUT2D eigenvalue weighted by molar-refractivity contribution is 8.05. The minimum atomic E-state index is -3.32. The van der Waals surface area contributed by atoms with Gasteiger partial charge in [-0.25, -0.2) is 13.4 Å². The summed E-state index contributed by atoms with van der Waals surface area (Å²) in [6.45, 7) is 0. The number of para-hydroxylation sites is 1. The quantitative estimate of drug-likeness (QED) is 0.612. The Labute approximate surface area is 203 Å². The summed E-state index contributed by atoms with van der Waals surface area (Å²) in [6.07, 6.45) is 4.50. The highest BCUT2D eigenvalue weighted by Crippen LogP contribution is 2.38. The van der Waals surface area contributed by atoms with Crippen molar-refractivity contribution in [1.82, 2.24) is 15.3 Å². The number of thioether (sulfide) groups is 1. The van der Waals surface area contributed by atoms with Gasteiger partial charge < -0.3 is 15.5 Å². The number of amides is 1. The molecule has 2 heterocycles. The molecule has 1 aromatic heterocycles. The predicted molar refractivity (Wildman–Crippen MR) is 136 cm³/mol. The summed E-state index contributed by atoms with van der Waals surface area (Å²) in [6, 6.07) is 8.19. The molecule has 2 N–H and O–H groups in total. The van der Waals surface area contributed by atoms with E-state index in [1.54, 1.807) is 0 Å². The third kappa shape index (κ3) is 5.38. The lowest BCUT2D eigenvalue weighted by Gasteiger charge is -2.30. The Morgan fingerprint density at radius 3 is 2.42 bits per heavy atom. The normalized spacial score (nSPS) is 23.6. The number of anilines is 2. The van der Waals surface area contributed by atoms with Crippen molar-refractivity contribution in [2.24, 2.45) is 0 Å². The Morgan fingerprint density at radius 1 is 1.12 bits per heavy atom. The van der Waals surface area contributed by atoms with Crippen LogP contribution in [0, 0.1) is 0 Å². The molecule has 1 aromatic carbocycles. The van der Waals surface area contributed by atoms with Crippen molar-refractivity contribution in [2.45, 2.75) is 43.0 Å². The van der Waals surface area contributed by atoms with E-state index in [-0.39, 0.29) is 28.8 Å². The maximum Gasteiger partial charge on any atom is 0.259 e. The van der Waals surface area contributed by atoms with Crippen LogP contribution in [-0.4, -0.2) is 67.7 Å². The molecular weight excluding hydrogens is 482 g/mol. The lowest BCUT2D eigenvalue weighted by molar-refractivity contribution is -0.117. The summed E-state index contributed by atoms with van der Waals surface area (Å²) in [5.41, 5.74) is 0.895. The number of benzene rings is 1. The van der Waals surface area contributed by atoms with Crippen molar-refractivity contribution in [1.29, 1.82) is 0 Å². The molecule has 1 saturated carbocycles. The Balaban J connectivity index is 1.36. The zero-order chi connectivity index (χ0) is 23.8. The largest absolute Gasteiger partial charge is 0.362 e. The Hall–Kier alpha value is -2.04. The molecule has 2 aliphatic rings. The van der Waals surface area contributed by atoms with Crippen LogP contribution in [0.15, 0.2) is 34.2 Å². The molecule has 4 rings (SSSR count). The van der Waals surface area contributed by atoms with Gasteiger partial charge in [0, 0.05) is 43.6 Å². The Morgan fingerprint density at radius 2 is 1.79 bits per heavy atom. The molecule has 0 saturated heterocycles. The number of nitrogens with one attached hydrogen (secondary N) is 2. The van der Waals surface area contributed by atoms with E-state index in [1.165, 1.54) is 11.8 Å². The fraction of sp³-hybridized carbons (Fsp3) is 0.500. The number of carbonyl (C=O) groups is 1. The summed E-state index contributed by atoms with van der Waals surface area (Å²) < 4.78 is 23.7. The van der Waals surface area contributed by atoms with E-state index < -0.39 is 15.1 Å². The van der Waals surface area contributed by atoms with Crippen LogP contribution in [0.25, 0.3) is 10.9 Å². The molecule has 1 fully saturated rings. The van der Waals surface area contributed by atoms with Gasteiger partial charge in [-0.1, -0.05) is 23.7 Å². The molecule has 1 atom stereocenters. The maximum absolute atomic E-state index is 12.7. The van der Waals surface area contributed by atoms with E-state index in [4.69, 9.17) is 16.6 Å². The van der Waals surface area contributed by atoms with Gasteiger partial charge in [0.25, 0.3) is 5.91 Å². The average molecular weight is 510 g/mol. The smallest absolute Gasteiger partial charge is 0.259 e. The summed E-state index contributed by atoms with van der Waals surface area (Å²) in [5, 5.41) is 6.85. The van der Waals surface area contributed by atoms with E-state index in [1.807, 2.05) is 43.3 Å². The molecular formula is C22H28ClN5O3S2. The number of carbonyl (C=O) groups excluding carboxylic acids is 1. The second kappa shape index (κ2) is 9.68. The minimum absolute atomic E-state index is 0.0280. The third-order valence-corrected chi connectivity index (χ3v) is 9.54. The first-order chi connectivity index (χ1) is 15.6. The number of halogens is 1. The van der Waals surface area contributed by atoms with Crippen LogP contribution < -0.4 is 15.5 Å². The molecule has 33 heavy (non-hydrogen) atoms. The van der Waals surface area contributed by atoms with Gasteiger partial charge in [-0.15, -0.1) is 11.8 Å². The van der Waals surface area contributed by atoms with Crippen molar-refractivity contribution in [3.8, 4) is 0 Å². The number of hydrogen-bond donors (Lipinski definition) is 2. The molecule has 2 aromatic rings. The van der Waals surface area contributed by atoms with E-state index in [2.05, 4.69) is 15.6 Å².